The SMILES string of the molecule is CCc1ccc(-c2nc3cc(NC(=O)c4cc([N+](=O)[O-])ccc4N4CCOCC4)ccc3o2)cc1. The van der Waals surface area contributed by atoms with Crippen molar-refractivity contribution in [3.8, 4) is 11.5 Å². The number of anilines is 2. The number of non-ortho nitro benzene ring substituents is 1. The third-order valence-electron chi connectivity index (χ3n) is 6.04. The fraction of sp³-hybridized carbons (Fsp3) is 0.231. The lowest BCUT2D eigenvalue weighted by molar-refractivity contribution is -0.384. The molecule has 3 aromatic carbocycles. The Hall–Kier alpha value is -4.24. The molecular weight excluding hydrogens is 448 g/mol. The average molecular weight is 473 g/mol. The predicted molar refractivity (Wildman–Crippen MR) is 133 cm³/mol. The van der Waals surface area contributed by atoms with Gasteiger partial charge in [-0.2, -0.15) is 0 Å². The predicted octanol–water partition coefficient (Wildman–Crippen LogP) is 5.05. The first-order chi connectivity index (χ1) is 17.0. The second-order valence-electron chi connectivity index (χ2n) is 8.26. The van der Waals surface area contributed by atoms with E-state index < -0.39 is 10.8 Å². The lowest BCUT2D eigenvalue weighted by Gasteiger charge is -2.30. The zero-order valence-corrected chi connectivity index (χ0v) is 19.2. The first-order valence-corrected chi connectivity index (χ1v) is 11.4. The van der Waals surface area contributed by atoms with Gasteiger partial charge < -0.3 is 19.4 Å². The van der Waals surface area contributed by atoms with Gasteiger partial charge in [0.05, 0.1) is 29.4 Å². The van der Waals surface area contributed by atoms with Gasteiger partial charge in [0.25, 0.3) is 11.6 Å². The van der Waals surface area contributed by atoms with Gasteiger partial charge in [-0.25, -0.2) is 4.98 Å². The van der Waals surface area contributed by atoms with E-state index in [1.165, 1.54) is 17.7 Å². The topological polar surface area (TPSA) is 111 Å². The van der Waals surface area contributed by atoms with Crippen molar-refractivity contribution in [3.63, 3.8) is 0 Å². The summed E-state index contributed by atoms with van der Waals surface area (Å²) in [6.07, 6.45) is 0.953. The van der Waals surface area contributed by atoms with E-state index in [9.17, 15) is 14.9 Å². The number of nitro groups is 1. The maximum Gasteiger partial charge on any atom is 0.270 e. The largest absolute Gasteiger partial charge is 0.436 e. The third-order valence-corrected chi connectivity index (χ3v) is 6.04. The summed E-state index contributed by atoms with van der Waals surface area (Å²) in [5, 5.41) is 14.2. The Balaban J connectivity index is 1.42. The molecule has 2 heterocycles. The van der Waals surface area contributed by atoms with Gasteiger partial charge in [0.1, 0.15) is 5.52 Å². The molecule has 1 amide bonds. The molecule has 178 valence electrons. The summed E-state index contributed by atoms with van der Waals surface area (Å²) in [4.78, 5) is 30.7. The van der Waals surface area contributed by atoms with Crippen molar-refractivity contribution in [3.05, 3.63) is 81.9 Å². The Labute approximate surface area is 201 Å². The third kappa shape index (κ3) is 4.71. The van der Waals surface area contributed by atoms with Crippen LogP contribution < -0.4 is 10.2 Å². The maximum absolute atomic E-state index is 13.2. The number of aryl methyl sites for hydroxylation is 1. The Morgan fingerprint density at radius 1 is 1.09 bits per heavy atom. The summed E-state index contributed by atoms with van der Waals surface area (Å²) in [5.41, 5.74) is 4.55. The molecule has 1 aliphatic rings. The van der Waals surface area contributed by atoms with E-state index in [1.54, 1.807) is 24.3 Å². The molecule has 0 atom stereocenters. The summed E-state index contributed by atoms with van der Waals surface area (Å²) in [6, 6.07) is 17.6. The van der Waals surface area contributed by atoms with Crippen molar-refractivity contribution in [2.24, 2.45) is 0 Å². The van der Waals surface area contributed by atoms with Gasteiger partial charge in [0.15, 0.2) is 5.58 Å². The van der Waals surface area contributed by atoms with Crippen molar-refractivity contribution in [2.75, 3.05) is 36.5 Å². The Bertz CT molecular complexity index is 1390. The lowest BCUT2D eigenvalue weighted by Crippen LogP contribution is -2.37. The second kappa shape index (κ2) is 9.55. The Kier molecular flexibility index (Phi) is 6.15. The lowest BCUT2D eigenvalue weighted by atomic mass is 10.1. The minimum Gasteiger partial charge on any atom is -0.436 e. The molecule has 0 spiro atoms. The maximum atomic E-state index is 13.2. The summed E-state index contributed by atoms with van der Waals surface area (Å²) in [5.74, 6) is 0.0628. The number of oxazole rings is 1. The van der Waals surface area contributed by atoms with Gasteiger partial charge >= 0.3 is 0 Å². The molecule has 0 saturated carbocycles. The molecule has 0 unspecified atom stereocenters. The van der Waals surface area contributed by atoms with E-state index in [0.717, 1.165) is 12.0 Å². The normalized spacial score (nSPS) is 13.7. The Morgan fingerprint density at radius 3 is 2.57 bits per heavy atom. The number of aromatic nitrogens is 1. The highest BCUT2D eigenvalue weighted by atomic mass is 16.6. The van der Waals surface area contributed by atoms with Crippen molar-refractivity contribution in [1.29, 1.82) is 0 Å². The molecule has 5 rings (SSSR count). The van der Waals surface area contributed by atoms with Crippen LogP contribution >= 0.6 is 0 Å². The van der Waals surface area contributed by atoms with Crippen molar-refractivity contribution in [2.45, 2.75) is 13.3 Å². The number of nitrogens with zero attached hydrogens (tertiary/aromatic N) is 3. The van der Waals surface area contributed by atoms with Crippen LogP contribution in [0.3, 0.4) is 0 Å². The molecule has 1 saturated heterocycles. The summed E-state index contributed by atoms with van der Waals surface area (Å²) in [7, 11) is 0. The van der Waals surface area contributed by atoms with E-state index in [-0.39, 0.29) is 11.3 Å². The van der Waals surface area contributed by atoms with Crippen LogP contribution in [0.2, 0.25) is 0 Å². The van der Waals surface area contributed by atoms with E-state index >= 15 is 0 Å². The first-order valence-electron chi connectivity index (χ1n) is 11.4. The van der Waals surface area contributed by atoms with Crippen LogP contribution in [-0.4, -0.2) is 42.1 Å². The van der Waals surface area contributed by atoms with E-state index in [0.29, 0.717) is 54.7 Å². The summed E-state index contributed by atoms with van der Waals surface area (Å²) >= 11 is 0. The molecule has 9 heteroatoms. The molecule has 0 radical (unpaired) electrons. The quantitative estimate of drug-likeness (QED) is 0.309. The average Bonchev–Trinajstić information content (AvgIpc) is 3.32. The van der Waals surface area contributed by atoms with Crippen LogP contribution in [0.1, 0.15) is 22.8 Å². The number of carbonyl (C=O) groups is 1. The Morgan fingerprint density at radius 2 is 1.86 bits per heavy atom. The van der Waals surface area contributed by atoms with Crippen LogP contribution in [0.25, 0.3) is 22.6 Å². The van der Waals surface area contributed by atoms with Crippen LogP contribution in [0.5, 0.6) is 0 Å². The van der Waals surface area contributed by atoms with Gasteiger partial charge in [0, 0.05) is 36.5 Å². The van der Waals surface area contributed by atoms with Gasteiger partial charge in [-0.1, -0.05) is 19.1 Å². The van der Waals surface area contributed by atoms with Crippen molar-refractivity contribution < 1.29 is 18.9 Å². The van der Waals surface area contributed by atoms with E-state index in [2.05, 4.69) is 17.2 Å². The molecule has 1 aromatic heterocycles. The zero-order valence-electron chi connectivity index (χ0n) is 19.2. The van der Waals surface area contributed by atoms with Gasteiger partial charge in [0.2, 0.25) is 5.89 Å². The standard InChI is InChI=1S/C26H24N4O5/c1-2-17-3-5-18(6-4-17)26-28-22-15-19(7-10-24(22)35-26)27-25(31)21-16-20(30(32)33)8-9-23(21)29-11-13-34-14-12-29/h3-10,15-16H,2,11-14H2,1H3,(H,27,31). The number of hydrogen-bond acceptors (Lipinski definition) is 7. The number of amides is 1. The highest BCUT2D eigenvalue weighted by Crippen LogP contribution is 2.29. The number of nitrogens with one attached hydrogen (secondary N) is 1. The van der Waals surface area contributed by atoms with Crippen molar-refractivity contribution >= 4 is 34.1 Å². The fourth-order valence-electron chi connectivity index (χ4n) is 4.11. The van der Waals surface area contributed by atoms with Crippen LogP contribution in [-0.2, 0) is 11.2 Å². The molecule has 0 aliphatic carbocycles. The van der Waals surface area contributed by atoms with E-state index in [4.69, 9.17) is 9.15 Å². The van der Waals surface area contributed by atoms with Gasteiger partial charge in [-0.15, -0.1) is 0 Å². The number of carbonyl (C=O) groups excluding carboxylic acids is 1. The molecular formula is C26H24N4O5. The number of benzene rings is 3. The fourth-order valence-corrected chi connectivity index (χ4v) is 4.11. The van der Waals surface area contributed by atoms with Crippen molar-refractivity contribution in [1.82, 2.24) is 4.98 Å². The molecule has 1 fully saturated rings. The molecule has 35 heavy (non-hydrogen) atoms. The molecule has 9 nitrogen and oxygen atoms in total. The number of morpholine rings is 1. The zero-order chi connectivity index (χ0) is 24.4. The van der Waals surface area contributed by atoms with Crippen LogP contribution in [0.4, 0.5) is 17.1 Å². The summed E-state index contributed by atoms with van der Waals surface area (Å²) in [6.45, 7) is 4.37. The second-order valence-corrected chi connectivity index (χ2v) is 8.26. The van der Waals surface area contributed by atoms with Gasteiger partial charge in [-0.05, 0) is 48.4 Å². The molecule has 1 N–H and O–H groups in total. The first kappa shape index (κ1) is 22.5. The minimum absolute atomic E-state index is 0.141. The number of rotatable bonds is 6. The molecule has 0 bridgehead atoms. The number of hydrogen-bond donors (Lipinski definition) is 1. The number of nitro benzene ring substituents is 1. The van der Waals surface area contributed by atoms with Crippen LogP contribution in [0.15, 0.2) is 65.1 Å². The molecule has 1 aliphatic heterocycles. The van der Waals surface area contributed by atoms with Gasteiger partial charge in [-0.3, -0.25) is 14.9 Å². The highest BCUT2D eigenvalue weighted by molar-refractivity contribution is 6.09. The smallest absolute Gasteiger partial charge is 0.270 e. The molecule has 4 aromatic rings. The number of ether oxygens (including phenoxy) is 1. The summed E-state index contributed by atoms with van der Waals surface area (Å²) < 4.78 is 11.3. The minimum atomic E-state index is -0.504. The monoisotopic (exact) mass is 472 g/mol. The highest BCUT2D eigenvalue weighted by Gasteiger charge is 2.22. The van der Waals surface area contributed by atoms with E-state index in [1.807, 2.05) is 29.2 Å². The number of fused-ring (bicyclic) bond motifs is 1. The van der Waals surface area contributed by atoms with Crippen LogP contribution in [0, 0.1) is 10.1 Å².